The van der Waals surface area contributed by atoms with Crippen molar-refractivity contribution in [2.75, 3.05) is 5.73 Å². The molecule has 3 rings (SSSR count). The van der Waals surface area contributed by atoms with Gasteiger partial charge in [-0.15, -0.1) is 23.1 Å². The van der Waals surface area contributed by atoms with Gasteiger partial charge >= 0.3 is 5.97 Å². The number of anilines is 1. The Labute approximate surface area is 198 Å². The van der Waals surface area contributed by atoms with Crippen LogP contribution in [0.3, 0.4) is 0 Å². The van der Waals surface area contributed by atoms with Crippen LogP contribution in [0.5, 0.6) is 0 Å². The first-order valence-electron chi connectivity index (χ1n) is 11.0. The van der Waals surface area contributed by atoms with Crippen LogP contribution in [0.1, 0.15) is 57.0 Å². The SMILES string of the molecule is CC(C)C1OC(=O)C(Sc2csc(CO)c2C(C)(C)C)C(=O)C1CCc1ccc(N)cc1. The molecule has 1 aromatic carbocycles. The predicted molar refractivity (Wildman–Crippen MR) is 131 cm³/mol. The predicted octanol–water partition coefficient (Wildman–Crippen LogP) is 4.98. The molecule has 0 saturated carbocycles. The fraction of sp³-hybridized carbons (Fsp3) is 0.520. The topological polar surface area (TPSA) is 89.6 Å². The van der Waals surface area contributed by atoms with Crippen molar-refractivity contribution in [1.29, 1.82) is 0 Å². The van der Waals surface area contributed by atoms with Crippen LogP contribution in [0.4, 0.5) is 5.69 Å². The van der Waals surface area contributed by atoms with Gasteiger partial charge < -0.3 is 15.6 Å². The number of nitrogens with two attached hydrogens (primary N) is 1. The molecule has 1 aromatic heterocycles. The standard InChI is InChI=1S/C25H33NO4S2/c1-14(2)22-17(11-8-15-6-9-16(26)10-7-15)21(28)23(24(29)30-22)32-19-13-31-18(12-27)20(19)25(3,4)5/h6-7,9-10,13-14,17,22-23,27H,8,11-12,26H2,1-5H3. The summed E-state index contributed by atoms with van der Waals surface area (Å²) < 4.78 is 5.84. The van der Waals surface area contributed by atoms with Gasteiger partial charge in [-0.3, -0.25) is 9.59 Å². The summed E-state index contributed by atoms with van der Waals surface area (Å²) in [5.41, 5.74) is 8.39. The zero-order valence-corrected chi connectivity index (χ0v) is 21.0. The fourth-order valence-corrected chi connectivity index (χ4v) is 6.92. The van der Waals surface area contributed by atoms with E-state index in [9.17, 15) is 14.7 Å². The summed E-state index contributed by atoms with van der Waals surface area (Å²) in [6.45, 7) is 10.1. The van der Waals surface area contributed by atoms with E-state index >= 15 is 0 Å². The second kappa shape index (κ2) is 9.98. The van der Waals surface area contributed by atoms with Crippen molar-refractivity contribution in [1.82, 2.24) is 0 Å². The number of esters is 1. The number of Topliss-reactive ketones (excluding diaryl/α,β-unsaturated/α-hetero) is 1. The van der Waals surface area contributed by atoms with E-state index in [-0.39, 0.29) is 29.6 Å². The third-order valence-electron chi connectivity index (χ3n) is 5.84. The van der Waals surface area contributed by atoms with E-state index in [1.807, 2.05) is 43.5 Å². The fourth-order valence-electron chi connectivity index (χ4n) is 4.27. The molecule has 1 aliphatic heterocycles. The summed E-state index contributed by atoms with van der Waals surface area (Å²) in [5.74, 6) is -0.814. The molecule has 0 radical (unpaired) electrons. The lowest BCUT2D eigenvalue weighted by molar-refractivity contribution is -0.165. The lowest BCUT2D eigenvalue weighted by atomic mass is 9.82. The highest BCUT2D eigenvalue weighted by molar-refractivity contribution is 8.01. The van der Waals surface area contributed by atoms with Gasteiger partial charge in [0.05, 0.1) is 12.5 Å². The van der Waals surface area contributed by atoms with Gasteiger partial charge in [0, 0.05) is 20.8 Å². The number of aliphatic hydroxyl groups is 1. The lowest BCUT2D eigenvalue weighted by Crippen LogP contribution is -2.50. The summed E-state index contributed by atoms with van der Waals surface area (Å²) in [4.78, 5) is 28.2. The second-order valence-electron chi connectivity index (χ2n) is 9.74. The minimum Gasteiger partial charge on any atom is -0.460 e. The van der Waals surface area contributed by atoms with E-state index in [4.69, 9.17) is 10.5 Å². The molecule has 1 aliphatic rings. The number of aryl methyl sites for hydroxylation is 1. The molecule has 0 aliphatic carbocycles. The number of aliphatic hydroxyl groups excluding tert-OH is 1. The number of ether oxygens (including phenoxy) is 1. The number of carbonyl (C=O) groups is 2. The van der Waals surface area contributed by atoms with E-state index in [1.165, 1.54) is 23.1 Å². The molecule has 0 bridgehead atoms. The Morgan fingerprint density at radius 3 is 2.41 bits per heavy atom. The molecule has 0 amide bonds. The van der Waals surface area contributed by atoms with Gasteiger partial charge in [-0.1, -0.05) is 46.8 Å². The van der Waals surface area contributed by atoms with Crippen molar-refractivity contribution >= 4 is 40.5 Å². The minimum absolute atomic E-state index is 0.0533. The third-order valence-corrected chi connectivity index (χ3v) is 8.20. The number of ketones is 1. The first kappa shape index (κ1) is 24.8. The van der Waals surface area contributed by atoms with Crippen molar-refractivity contribution in [3.63, 3.8) is 0 Å². The van der Waals surface area contributed by atoms with Crippen molar-refractivity contribution in [2.24, 2.45) is 11.8 Å². The zero-order valence-electron chi connectivity index (χ0n) is 19.4. The maximum atomic E-state index is 13.6. The highest BCUT2D eigenvalue weighted by Crippen LogP contribution is 2.43. The minimum atomic E-state index is -0.885. The number of hydrogen-bond acceptors (Lipinski definition) is 7. The highest BCUT2D eigenvalue weighted by atomic mass is 32.2. The van der Waals surface area contributed by atoms with Gasteiger partial charge in [-0.25, -0.2) is 0 Å². The van der Waals surface area contributed by atoms with Crippen LogP contribution in [0.15, 0.2) is 34.5 Å². The number of nitrogen functional groups attached to an aromatic ring is 1. The molecule has 3 N–H and O–H groups in total. The van der Waals surface area contributed by atoms with E-state index in [0.29, 0.717) is 12.1 Å². The Morgan fingerprint density at radius 2 is 1.84 bits per heavy atom. The summed E-state index contributed by atoms with van der Waals surface area (Å²) in [7, 11) is 0. The van der Waals surface area contributed by atoms with Crippen LogP contribution in [-0.2, 0) is 32.8 Å². The Balaban J connectivity index is 1.84. The number of thioether (sulfide) groups is 1. The van der Waals surface area contributed by atoms with Crippen LogP contribution in [0.2, 0.25) is 0 Å². The average molecular weight is 476 g/mol. The molecular weight excluding hydrogens is 442 g/mol. The molecule has 0 spiro atoms. The molecule has 3 unspecified atom stereocenters. The average Bonchev–Trinajstić information content (AvgIpc) is 3.14. The molecule has 2 aromatic rings. The van der Waals surface area contributed by atoms with Crippen LogP contribution in [0.25, 0.3) is 0 Å². The van der Waals surface area contributed by atoms with Gasteiger partial charge in [-0.2, -0.15) is 0 Å². The second-order valence-corrected chi connectivity index (χ2v) is 11.8. The molecule has 32 heavy (non-hydrogen) atoms. The molecule has 1 fully saturated rings. The van der Waals surface area contributed by atoms with Gasteiger partial charge in [0.2, 0.25) is 0 Å². The monoisotopic (exact) mass is 475 g/mol. The summed E-state index contributed by atoms with van der Waals surface area (Å²) >= 11 is 2.73. The first-order valence-corrected chi connectivity index (χ1v) is 12.8. The molecule has 7 heteroatoms. The Bertz CT molecular complexity index is 959. The summed E-state index contributed by atoms with van der Waals surface area (Å²) in [6.07, 6.45) is 0.918. The Morgan fingerprint density at radius 1 is 1.19 bits per heavy atom. The van der Waals surface area contributed by atoms with E-state index < -0.39 is 17.3 Å². The summed E-state index contributed by atoms with van der Waals surface area (Å²) in [6, 6.07) is 7.67. The molecule has 5 nitrogen and oxygen atoms in total. The van der Waals surface area contributed by atoms with Gasteiger partial charge in [-0.05, 0) is 47.4 Å². The number of cyclic esters (lactones) is 1. The van der Waals surface area contributed by atoms with Crippen molar-refractivity contribution in [2.45, 2.75) is 75.7 Å². The molecule has 2 heterocycles. The quantitative estimate of drug-likeness (QED) is 0.333. The maximum absolute atomic E-state index is 13.6. The number of carbonyl (C=O) groups excluding carboxylic acids is 2. The molecule has 1 saturated heterocycles. The summed E-state index contributed by atoms with van der Waals surface area (Å²) in [5, 5.41) is 10.8. The smallest absolute Gasteiger partial charge is 0.327 e. The Kier molecular flexibility index (Phi) is 7.73. The van der Waals surface area contributed by atoms with Crippen LogP contribution >= 0.6 is 23.1 Å². The number of thiophene rings is 1. The van der Waals surface area contributed by atoms with Crippen LogP contribution in [0, 0.1) is 11.8 Å². The molecule has 174 valence electrons. The molecule has 3 atom stereocenters. The van der Waals surface area contributed by atoms with Crippen molar-refractivity contribution in [3.8, 4) is 0 Å². The van der Waals surface area contributed by atoms with Crippen molar-refractivity contribution < 1.29 is 19.4 Å². The van der Waals surface area contributed by atoms with Crippen LogP contribution in [-0.4, -0.2) is 28.2 Å². The number of benzene rings is 1. The molecular formula is C25H33NO4S2. The van der Waals surface area contributed by atoms with E-state index in [2.05, 4.69) is 20.8 Å². The third kappa shape index (κ3) is 5.38. The van der Waals surface area contributed by atoms with Gasteiger partial charge in [0.15, 0.2) is 11.0 Å². The van der Waals surface area contributed by atoms with E-state index in [0.717, 1.165) is 27.3 Å². The zero-order chi connectivity index (χ0) is 23.6. The van der Waals surface area contributed by atoms with Crippen LogP contribution < -0.4 is 5.73 Å². The number of rotatable bonds is 7. The maximum Gasteiger partial charge on any atom is 0.327 e. The normalized spacial score (nSPS) is 21.8. The lowest BCUT2D eigenvalue weighted by Gasteiger charge is -2.36. The highest BCUT2D eigenvalue weighted by Gasteiger charge is 2.46. The van der Waals surface area contributed by atoms with Gasteiger partial charge in [0.25, 0.3) is 0 Å². The first-order chi connectivity index (χ1) is 15.0. The number of hydrogen-bond donors (Lipinski definition) is 2. The Hall–Kier alpha value is -1.83. The largest absolute Gasteiger partial charge is 0.460 e. The van der Waals surface area contributed by atoms with Crippen molar-refractivity contribution in [3.05, 3.63) is 45.6 Å². The van der Waals surface area contributed by atoms with Gasteiger partial charge in [0.1, 0.15) is 6.10 Å². The van der Waals surface area contributed by atoms with E-state index in [1.54, 1.807) is 0 Å².